The lowest BCUT2D eigenvalue weighted by Gasteiger charge is -2.37. The number of nitrogens with one attached hydrogen (secondary N) is 1. The van der Waals surface area contributed by atoms with E-state index in [9.17, 15) is 8.42 Å². The molecule has 4 nitrogen and oxygen atoms in total. The maximum absolute atomic E-state index is 11.6. The molecule has 5 heteroatoms. The van der Waals surface area contributed by atoms with Crippen LogP contribution in [0.25, 0.3) is 0 Å². The molecule has 1 heterocycles. The number of nitrogens with zero attached hydrogens (tertiary/aromatic N) is 1. The van der Waals surface area contributed by atoms with Crippen LogP contribution in [0.15, 0.2) is 0 Å². The summed E-state index contributed by atoms with van der Waals surface area (Å²) in [4.78, 5) is 0. The largest absolute Gasteiger partial charge is 0.314 e. The lowest BCUT2D eigenvalue weighted by molar-refractivity contribution is 0.185. The van der Waals surface area contributed by atoms with Gasteiger partial charge in [0, 0.05) is 19.1 Å². The summed E-state index contributed by atoms with van der Waals surface area (Å²) < 4.78 is 24.9. The molecule has 2 unspecified atom stereocenters. The minimum absolute atomic E-state index is 0.460. The van der Waals surface area contributed by atoms with Gasteiger partial charge >= 0.3 is 0 Å². The van der Waals surface area contributed by atoms with Crippen molar-refractivity contribution in [3.05, 3.63) is 0 Å². The maximum Gasteiger partial charge on any atom is 0.211 e. The molecule has 1 aliphatic heterocycles. The number of piperidine rings is 1. The Hall–Kier alpha value is -0.130. The number of sulfonamides is 1. The Morgan fingerprint density at radius 3 is 2.65 bits per heavy atom. The topological polar surface area (TPSA) is 49.4 Å². The summed E-state index contributed by atoms with van der Waals surface area (Å²) in [5.74, 6) is 0.475. The van der Waals surface area contributed by atoms with Crippen LogP contribution in [0.1, 0.15) is 52.4 Å². The monoisotopic (exact) mass is 302 g/mol. The lowest BCUT2D eigenvalue weighted by Crippen LogP contribution is -2.45. The van der Waals surface area contributed by atoms with E-state index in [0.29, 0.717) is 30.5 Å². The molecule has 0 bridgehead atoms. The minimum atomic E-state index is -3.01. The normalized spacial score (nSPS) is 32.1. The highest BCUT2D eigenvalue weighted by Crippen LogP contribution is 2.35. The van der Waals surface area contributed by atoms with E-state index in [4.69, 9.17) is 0 Å². The third-order valence-electron chi connectivity index (χ3n) is 4.85. The Morgan fingerprint density at radius 1 is 1.25 bits per heavy atom. The van der Waals surface area contributed by atoms with Crippen molar-refractivity contribution >= 4 is 10.0 Å². The predicted octanol–water partition coefficient (Wildman–Crippen LogP) is 2.22. The molecule has 0 amide bonds. The first-order chi connectivity index (χ1) is 9.26. The van der Waals surface area contributed by atoms with Gasteiger partial charge in [-0.3, -0.25) is 0 Å². The maximum atomic E-state index is 11.6. The molecular formula is C15H30N2O2S. The van der Waals surface area contributed by atoms with Gasteiger partial charge < -0.3 is 5.32 Å². The smallest absolute Gasteiger partial charge is 0.211 e. The van der Waals surface area contributed by atoms with Gasteiger partial charge in [-0.05, 0) is 50.0 Å². The van der Waals surface area contributed by atoms with Crippen LogP contribution in [-0.4, -0.2) is 44.7 Å². The van der Waals surface area contributed by atoms with Crippen LogP contribution in [-0.2, 0) is 10.0 Å². The van der Waals surface area contributed by atoms with Crippen molar-refractivity contribution in [2.45, 2.75) is 58.4 Å². The van der Waals surface area contributed by atoms with E-state index in [1.54, 1.807) is 4.31 Å². The van der Waals surface area contributed by atoms with Gasteiger partial charge in [-0.25, -0.2) is 12.7 Å². The molecule has 0 aromatic heterocycles. The Bertz CT molecular complexity index is 420. The Balaban J connectivity index is 1.79. The van der Waals surface area contributed by atoms with Crippen molar-refractivity contribution in [3.8, 4) is 0 Å². The van der Waals surface area contributed by atoms with Gasteiger partial charge in [0.05, 0.1) is 6.26 Å². The Morgan fingerprint density at radius 2 is 2.00 bits per heavy atom. The molecule has 1 saturated heterocycles. The summed E-state index contributed by atoms with van der Waals surface area (Å²) in [6, 6.07) is 0.618. The zero-order valence-electron chi connectivity index (χ0n) is 13.2. The zero-order valence-corrected chi connectivity index (χ0v) is 14.0. The van der Waals surface area contributed by atoms with E-state index in [2.05, 4.69) is 19.2 Å². The summed E-state index contributed by atoms with van der Waals surface area (Å²) in [5, 5.41) is 3.70. The molecule has 2 aliphatic rings. The standard InChI is InChI=1S/C15H30N2O2S/c1-15(2)8-4-7-14(10-15)16-11-13-6-5-9-17(12-13)20(3,18)19/h13-14,16H,4-12H2,1-3H3. The van der Waals surface area contributed by atoms with Gasteiger partial charge in [-0.15, -0.1) is 0 Å². The lowest BCUT2D eigenvalue weighted by atomic mass is 9.75. The first-order valence-electron chi connectivity index (χ1n) is 7.95. The summed E-state index contributed by atoms with van der Waals surface area (Å²) in [6.07, 6.45) is 8.62. The molecule has 2 rings (SSSR count). The highest BCUT2D eigenvalue weighted by atomic mass is 32.2. The second-order valence-corrected chi connectivity index (χ2v) is 9.48. The van der Waals surface area contributed by atoms with E-state index < -0.39 is 10.0 Å². The first kappa shape index (κ1) is 16.2. The second-order valence-electron chi connectivity index (χ2n) is 7.49. The molecule has 20 heavy (non-hydrogen) atoms. The van der Waals surface area contributed by atoms with Crippen LogP contribution in [0.5, 0.6) is 0 Å². The van der Waals surface area contributed by atoms with Gasteiger partial charge in [0.25, 0.3) is 0 Å². The van der Waals surface area contributed by atoms with Gasteiger partial charge in [0.2, 0.25) is 10.0 Å². The van der Waals surface area contributed by atoms with Crippen molar-refractivity contribution in [2.24, 2.45) is 11.3 Å². The molecule has 0 aromatic carbocycles. The van der Waals surface area contributed by atoms with Crippen LogP contribution in [0.4, 0.5) is 0 Å². The summed E-state index contributed by atoms with van der Waals surface area (Å²) in [7, 11) is -3.01. The van der Waals surface area contributed by atoms with Gasteiger partial charge in [0.1, 0.15) is 0 Å². The van der Waals surface area contributed by atoms with Crippen LogP contribution >= 0.6 is 0 Å². The molecule has 0 spiro atoms. The molecule has 1 N–H and O–H groups in total. The summed E-state index contributed by atoms with van der Waals surface area (Å²) in [5.41, 5.74) is 0.460. The fraction of sp³-hybridized carbons (Fsp3) is 1.00. The summed E-state index contributed by atoms with van der Waals surface area (Å²) in [6.45, 7) is 7.07. The third-order valence-corrected chi connectivity index (χ3v) is 6.12. The molecule has 0 radical (unpaired) electrons. The highest BCUT2D eigenvalue weighted by Gasteiger charge is 2.29. The fourth-order valence-corrected chi connectivity index (χ4v) is 4.64. The zero-order chi connectivity index (χ0) is 14.8. The summed E-state index contributed by atoms with van der Waals surface area (Å²) >= 11 is 0. The minimum Gasteiger partial charge on any atom is -0.314 e. The average Bonchev–Trinajstić information content (AvgIpc) is 2.35. The van der Waals surface area contributed by atoms with Crippen molar-refractivity contribution in [1.29, 1.82) is 0 Å². The van der Waals surface area contributed by atoms with Crippen LogP contribution in [0, 0.1) is 11.3 Å². The van der Waals surface area contributed by atoms with Crippen LogP contribution < -0.4 is 5.32 Å². The predicted molar refractivity (Wildman–Crippen MR) is 83.2 cm³/mol. The SMILES string of the molecule is CC1(C)CCCC(NCC2CCCN(S(C)(=O)=O)C2)C1. The van der Waals surface area contributed by atoms with Crippen LogP contribution in [0.3, 0.4) is 0 Å². The number of hydrogen-bond donors (Lipinski definition) is 1. The van der Waals surface area contributed by atoms with Crippen molar-refractivity contribution in [1.82, 2.24) is 9.62 Å². The van der Waals surface area contributed by atoms with Crippen molar-refractivity contribution < 1.29 is 8.42 Å². The first-order valence-corrected chi connectivity index (χ1v) is 9.80. The van der Waals surface area contributed by atoms with E-state index in [1.807, 2.05) is 0 Å². The van der Waals surface area contributed by atoms with E-state index in [-0.39, 0.29) is 0 Å². The van der Waals surface area contributed by atoms with E-state index in [0.717, 1.165) is 19.4 Å². The second kappa shape index (κ2) is 6.32. The molecule has 1 saturated carbocycles. The van der Waals surface area contributed by atoms with Gasteiger partial charge in [0.15, 0.2) is 0 Å². The Kier molecular flexibility index (Phi) is 5.14. The van der Waals surface area contributed by atoms with Crippen LogP contribution in [0.2, 0.25) is 0 Å². The van der Waals surface area contributed by atoms with Crippen molar-refractivity contribution in [3.63, 3.8) is 0 Å². The third kappa shape index (κ3) is 4.71. The van der Waals surface area contributed by atoms with E-state index in [1.165, 1.54) is 31.9 Å². The van der Waals surface area contributed by atoms with Gasteiger partial charge in [-0.1, -0.05) is 20.3 Å². The Labute approximate surface area is 124 Å². The molecule has 1 aliphatic carbocycles. The quantitative estimate of drug-likeness (QED) is 0.866. The molecular weight excluding hydrogens is 272 g/mol. The van der Waals surface area contributed by atoms with Crippen molar-refractivity contribution in [2.75, 3.05) is 25.9 Å². The number of rotatable bonds is 4. The molecule has 2 fully saturated rings. The molecule has 0 aromatic rings. The molecule has 2 atom stereocenters. The number of hydrogen-bond acceptors (Lipinski definition) is 3. The highest BCUT2D eigenvalue weighted by molar-refractivity contribution is 7.88. The fourth-order valence-electron chi connectivity index (χ4n) is 3.70. The average molecular weight is 302 g/mol. The van der Waals surface area contributed by atoms with Gasteiger partial charge in [-0.2, -0.15) is 0 Å². The molecule has 118 valence electrons. The van der Waals surface area contributed by atoms with E-state index >= 15 is 0 Å².